The lowest BCUT2D eigenvalue weighted by Crippen LogP contribution is -1.96. The Morgan fingerprint density at radius 2 is 1.42 bits per heavy atom. The normalized spacial score (nSPS) is 13.0. The van der Waals surface area contributed by atoms with Gasteiger partial charge in [0.05, 0.1) is 0 Å². The molecule has 1 atom stereocenters. The number of nitrogens with zero attached hydrogens (tertiary/aromatic N) is 1. The lowest BCUT2D eigenvalue weighted by molar-refractivity contribution is 0.482. The molecule has 1 aliphatic rings. The van der Waals surface area contributed by atoms with E-state index in [9.17, 15) is 0 Å². The molecule has 5 aromatic rings. The van der Waals surface area contributed by atoms with Crippen LogP contribution in [0.1, 0.15) is 73.4 Å². The van der Waals surface area contributed by atoms with Crippen molar-refractivity contribution in [2.75, 3.05) is 0 Å². The number of aromatic nitrogens is 1. The first-order valence-electron chi connectivity index (χ1n) is 13.8. The van der Waals surface area contributed by atoms with Gasteiger partial charge in [0.15, 0.2) is 0 Å². The van der Waals surface area contributed by atoms with E-state index in [2.05, 4.69) is 111 Å². The van der Waals surface area contributed by atoms with Crippen LogP contribution in [0, 0.1) is 6.92 Å². The first-order chi connectivity index (χ1) is 18.5. The summed E-state index contributed by atoms with van der Waals surface area (Å²) in [5, 5.41) is 2.52. The molecule has 0 amide bonds. The van der Waals surface area contributed by atoms with Gasteiger partial charge in [-0.2, -0.15) is 0 Å². The van der Waals surface area contributed by atoms with Gasteiger partial charge >= 0.3 is 0 Å². The summed E-state index contributed by atoms with van der Waals surface area (Å²) in [6.07, 6.45) is 9.95. The van der Waals surface area contributed by atoms with Crippen molar-refractivity contribution >= 4 is 46.1 Å². The second-order valence-electron chi connectivity index (χ2n) is 9.94. The number of aryl methyl sites for hydroxylation is 2. The zero-order valence-corrected chi connectivity index (χ0v) is 23.4. The monoisotopic (exact) mass is 499 g/mol. The van der Waals surface area contributed by atoms with E-state index in [-0.39, 0.29) is 0 Å². The number of ether oxygens (including phenoxy) is 1. The standard InChI is InChI=1S/C34H31NO.C2H6/c1-5-22(2)28-20-29-30-21-34-27(17-15-25-12-8-9-13-33(25)36-34)19-32(30)35(4)31(29)18-26(28)16-14-24-11-7-6-10-23(24)3;1-2/h6-22H,5H2,1-4H3;1-2H3/b16-14-;. The van der Waals surface area contributed by atoms with Gasteiger partial charge in [0.2, 0.25) is 0 Å². The lowest BCUT2D eigenvalue weighted by Gasteiger charge is -2.14. The summed E-state index contributed by atoms with van der Waals surface area (Å²) in [6.45, 7) is 10.8. The van der Waals surface area contributed by atoms with Gasteiger partial charge in [-0.05, 0) is 71.8 Å². The molecule has 2 nitrogen and oxygen atoms in total. The molecule has 0 fully saturated rings. The number of para-hydroxylation sites is 1. The topological polar surface area (TPSA) is 14.2 Å². The maximum absolute atomic E-state index is 6.41. The number of benzene rings is 4. The molecular formula is C36H37NO. The summed E-state index contributed by atoms with van der Waals surface area (Å²) in [4.78, 5) is 0. The third kappa shape index (κ3) is 4.56. The molecule has 1 aliphatic heterocycles. The Hall–Kier alpha value is -4.04. The Morgan fingerprint density at radius 3 is 2.21 bits per heavy atom. The molecular weight excluding hydrogens is 462 g/mol. The van der Waals surface area contributed by atoms with Crippen LogP contribution < -0.4 is 4.74 Å². The van der Waals surface area contributed by atoms with E-state index in [1.54, 1.807) is 0 Å². The number of hydrogen-bond donors (Lipinski definition) is 0. The van der Waals surface area contributed by atoms with E-state index >= 15 is 0 Å². The summed E-state index contributed by atoms with van der Waals surface area (Å²) in [7, 11) is 2.17. The fourth-order valence-electron chi connectivity index (χ4n) is 5.29. The van der Waals surface area contributed by atoms with Crippen LogP contribution in [-0.2, 0) is 7.05 Å². The van der Waals surface area contributed by atoms with E-state index in [0.717, 1.165) is 29.0 Å². The second kappa shape index (κ2) is 10.8. The first kappa shape index (κ1) is 25.6. The molecule has 2 heterocycles. The summed E-state index contributed by atoms with van der Waals surface area (Å²) >= 11 is 0. The van der Waals surface area contributed by atoms with Crippen molar-refractivity contribution in [2.24, 2.45) is 7.05 Å². The highest BCUT2D eigenvalue weighted by Crippen LogP contribution is 2.41. The van der Waals surface area contributed by atoms with Crippen LogP contribution in [0.3, 0.4) is 0 Å². The van der Waals surface area contributed by atoms with Gasteiger partial charge in [-0.15, -0.1) is 0 Å². The molecule has 38 heavy (non-hydrogen) atoms. The predicted octanol–water partition coefficient (Wildman–Crippen LogP) is 10.6. The van der Waals surface area contributed by atoms with Gasteiger partial charge in [-0.3, -0.25) is 0 Å². The van der Waals surface area contributed by atoms with Gasteiger partial charge in [0.25, 0.3) is 0 Å². The Morgan fingerprint density at radius 1 is 0.763 bits per heavy atom. The van der Waals surface area contributed by atoms with E-state index in [0.29, 0.717) is 5.92 Å². The molecule has 0 aliphatic carbocycles. The van der Waals surface area contributed by atoms with Crippen LogP contribution in [0.4, 0.5) is 0 Å². The zero-order chi connectivity index (χ0) is 26.8. The van der Waals surface area contributed by atoms with Crippen LogP contribution in [-0.4, -0.2) is 4.57 Å². The van der Waals surface area contributed by atoms with Gasteiger partial charge in [0.1, 0.15) is 11.5 Å². The smallest absolute Gasteiger partial charge is 0.135 e. The summed E-state index contributed by atoms with van der Waals surface area (Å²) in [5.74, 6) is 2.27. The molecule has 6 rings (SSSR count). The van der Waals surface area contributed by atoms with Crippen molar-refractivity contribution in [3.63, 3.8) is 0 Å². The van der Waals surface area contributed by atoms with Crippen LogP contribution in [0.25, 0.3) is 46.1 Å². The molecule has 0 spiro atoms. The Kier molecular flexibility index (Phi) is 7.24. The van der Waals surface area contributed by atoms with Gasteiger partial charge in [-0.1, -0.05) is 94.5 Å². The number of hydrogen-bond acceptors (Lipinski definition) is 1. The maximum atomic E-state index is 6.41. The van der Waals surface area contributed by atoms with Crippen molar-refractivity contribution in [1.82, 2.24) is 4.57 Å². The molecule has 0 saturated carbocycles. The van der Waals surface area contributed by atoms with Crippen molar-refractivity contribution in [1.29, 1.82) is 0 Å². The molecule has 1 unspecified atom stereocenters. The minimum absolute atomic E-state index is 0.466. The molecule has 0 bridgehead atoms. The quantitative estimate of drug-likeness (QED) is 0.220. The highest BCUT2D eigenvalue weighted by molar-refractivity contribution is 6.10. The van der Waals surface area contributed by atoms with Crippen molar-refractivity contribution in [2.45, 2.75) is 47.0 Å². The summed E-state index contributed by atoms with van der Waals surface area (Å²) in [6, 6.07) is 26.0. The summed E-state index contributed by atoms with van der Waals surface area (Å²) < 4.78 is 8.73. The fourth-order valence-corrected chi connectivity index (χ4v) is 5.29. The van der Waals surface area contributed by atoms with E-state index in [1.165, 1.54) is 44.1 Å². The van der Waals surface area contributed by atoms with Crippen LogP contribution in [0.5, 0.6) is 11.5 Å². The van der Waals surface area contributed by atoms with Gasteiger partial charge in [0, 0.05) is 40.0 Å². The van der Waals surface area contributed by atoms with Gasteiger partial charge in [-0.25, -0.2) is 0 Å². The lowest BCUT2D eigenvalue weighted by atomic mass is 9.91. The molecule has 192 valence electrons. The van der Waals surface area contributed by atoms with Crippen molar-refractivity contribution in [3.05, 3.63) is 106 Å². The average molecular weight is 500 g/mol. The van der Waals surface area contributed by atoms with Crippen LogP contribution in [0.15, 0.2) is 72.8 Å². The SMILES string of the molecule is CC.CCC(C)c1cc2c3cc4c(cc3n(C)c2cc1/C=C\c1ccccc1C)C=Cc1ccccc1O4. The zero-order valence-electron chi connectivity index (χ0n) is 23.4. The molecule has 2 heteroatoms. The number of fused-ring (bicyclic) bond motifs is 5. The van der Waals surface area contributed by atoms with E-state index < -0.39 is 0 Å². The first-order valence-corrected chi connectivity index (χ1v) is 13.8. The minimum Gasteiger partial charge on any atom is -0.456 e. The van der Waals surface area contributed by atoms with Crippen molar-refractivity contribution < 1.29 is 4.74 Å². The predicted molar refractivity (Wildman–Crippen MR) is 166 cm³/mol. The van der Waals surface area contributed by atoms with E-state index in [4.69, 9.17) is 4.74 Å². The van der Waals surface area contributed by atoms with Gasteiger partial charge < -0.3 is 9.30 Å². The fraction of sp³-hybridized carbons (Fsp3) is 0.222. The van der Waals surface area contributed by atoms with Crippen LogP contribution >= 0.6 is 0 Å². The Bertz CT molecular complexity index is 1680. The number of rotatable bonds is 4. The average Bonchev–Trinajstić information content (AvgIpc) is 3.09. The van der Waals surface area contributed by atoms with E-state index in [1.807, 2.05) is 32.0 Å². The molecule has 0 N–H and O–H groups in total. The Labute approximate surface area is 226 Å². The molecule has 4 aromatic carbocycles. The summed E-state index contributed by atoms with van der Waals surface area (Å²) in [5.41, 5.74) is 9.90. The highest BCUT2D eigenvalue weighted by Gasteiger charge is 2.18. The van der Waals surface area contributed by atoms with Crippen molar-refractivity contribution in [3.8, 4) is 11.5 Å². The second-order valence-corrected chi connectivity index (χ2v) is 9.94. The molecule has 1 aromatic heterocycles. The Balaban J connectivity index is 0.00000144. The maximum Gasteiger partial charge on any atom is 0.135 e. The van der Waals surface area contributed by atoms with Crippen LogP contribution in [0.2, 0.25) is 0 Å². The highest BCUT2D eigenvalue weighted by atomic mass is 16.5. The third-order valence-corrected chi connectivity index (χ3v) is 7.70. The molecule has 0 radical (unpaired) electrons. The largest absolute Gasteiger partial charge is 0.456 e. The molecule has 0 saturated heterocycles. The third-order valence-electron chi connectivity index (χ3n) is 7.70. The minimum atomic E-state index is 0.466.